The second-order valence-corrected chi connectivity index (χ2v) is 6.66. The van der Waals surface area contributed by atoms with Gasteiger partial charge in [0.05, 0.1) is 11.4 Å². The predicted molar refractivity (Wildman–Crippen MR) is 97.2 cm³/mol. The van der Waals surface area contributed by atoms with E-state index in [1.165, 1.54) is 16.7 Å². The van der Waals surface area contributed by atoms with E-state index in [2.05, 4.69) is 4.98 Å². The van der Waals surface area contributed by atoms with Crippen molar-refractivity contribution >= 4 is 23.6 Å². The van der Waals surface area contributed by atoms with E-state index in [0.29, 0.717) is 18.1 Å². The Morgan fingerprint density at radius 2 is 2.04 bits per heavy atom. The van der Waals surface area contributed by atoms with Crippen LogP contribution in [0.2, 0.25) is 0 Å². The van der Waals surface area contributed by atoms with Crippen LogP contribution in [-0.2, 0) is 15.3 Å². The number of carboxylic acids is 1. The summed E-state index contributed by atoms with van der Waals surface area (Å²) in [4.78, 5) is 29.1. The SMILES string of the molecule is CCC(C)N(CC(=O)O)C(=O)CSCc1coc(-c2ccccc2)n1. The molecule has 1 aromatic carbocycles. The second kappa shape index (κ2) is 9.27. The molecule has 0 aliphatic rings. The smallest absolute Gasteiger partial charge is 0.323 e. The lowest BCUT2D eigenvalue weighted by molar-refractivity contribution is -0.144. The van der Waals surface area contributed by atoms with Crippen LogP contribution in [0.4, 0.5) is 0 Å². The topological polar surface area (TPSA) is 83.6 Å². The molecule has 0 bridgehead atoms. The minimum atomic E-state index is -0.998. The molecule has 0 saturated carbocycles. The molecule has 1 aromatic heterocycles. The van der Waals surface area contributed by atoms with E-state index in [9.17, 15) is 9.59 Å². The maximum atomic E-state index is 12.3. The molecular formula is C18H22N2O4S. The molecule has 0 aliphatic heterocycles. The highest BCUT2D eigenvalue weighted by molar-refractivity contribution is 7.99. The van der Waals surface area contributed by atoms with Gasteiger partial charge >= 0.3 is 5.97 Å². The third-order valence-corrected chi connectivity index (χ3v) is 4.75. The summed E-state index contributed by atoms with van der Waals surface area (Å²) in [5.41, 5.74) is 1.66. The lowest BCUT2D eigenvalue weighted by Crippen LogP contribution is -2.42. The standard InChI is InChI=1S/C18H22N2O4S/c1-3-13(2)20(9-17(22)23)16(21)12-25-11-15-10-24-18(19-15)14-7-5-4-6-8-14/h4-8,10,13H,3,9,11-12H2,1-2H3,(H,22,23). The second-order valence-electron chi connectivity index (χ2n) is 5.68. The molecule has 25 heavy (non-hydrogen) atoms. The molecule has 0 saturated heterocycles. The van der Waals surface area contributed by atoms with E-state index in [1.807, 2.05) is 44.2 Å². The zero-order chi connectivity index (χ0) is 18.2. The van der Waals surface area contributed by atoms with Gasteiger partial charge in [0.25, 0.3) is 0 Å². The first-order chi connectivity index (χ1) is 12.0. The first kappa shape index (κ1) is 19.1. The fraction of sp³-hybridized carbons (Fsp3) is 0.389. The lowest BCUT2D eigenvalue weighted by atomic mass is 10.2. The predicted octanol–water partition coefficient (Wildman–Crippen LogP) is 3.29. The number of benzene rings is 1. The summed E-state index contributed by atoms with van der Waals surface area (Å²) in [5, 5.41) is 8.97. The molecule has 0 radical (unpaired) electrons. The van der Waals surface area contributed by atoms with E-state index in [-0.39, 0.29) is 24.2 Å². The maximum absolute atomic E-state index is 12.3. The molecule has 134 valence electrons. The molecule has 1 amide bonds. The van der Waals surface area contributed by atoms with Crippen LogP contribution in [0.25, 0.3) is 11.5 Å². The Bertz CT molecular complexity index is 702. The van der Waals surface area contributed by atoms with Crippen molar-refractivity contribution in [3.05, 3.63) is 42.3 Å². The van der Waals surface area contributed by atoms with Crippen LogP contribution in [0.3, 0.4) is 0 Å². The van der Waals surface area contributed by atoms with Gasteiger partial charge in [-0.3, -0.25) is 9.59 Å². The van der Waals surface area contributed by atoms with Gasteiger partial charge in [0.1, 0.15) is 12.8 Å². The van der Waals surface area contributed by atoms with Gasteiger partial charge in [-0.2, -0.15) is 0 Å². The normalized spacial score (nSPS) is 11.9. The number of thioether (sulfide) groups is 1. The van der Waals surface area contributed by atoms with Crippen LogP contribution in [0.5, 0.6) is 0 Å². The van der Waals surface area contributed by atoms with Crippen LogP contribution in [0.15, 0.2) is 41.0 Å². The van der Waals surface area contributed by atoms with Gasteiger partial charge in [-0.15, -0.1) is 11.8 Å². The molecule has 2 aromatic rings. The minimum absolute atomic E-state index is 0.0964. The quantitative estimate of drug-likeness (QED) is 0.737. The molecular weight excluding hydrogens is 340 g/mol. The molecule has 0 spiro atoms. The van der Waals surface area contributed by atoms with E-state index >= 15 is 0 Å². The van der Waals surface area contributed by atoms with Crippen molar-refractivity contribution < 1.29 is 19.1 Å². The number of oxazole rings is 1. The minimum Gasteiger partial charge on any atom is -0.480 e. The zero-order valence-electron chi connectivity index (χ0n) is 14.3. The molecule has 1 N–H and O–H groups in total. The number of aliphatic carboxylic acids is 1. The monoisotopic (exact) mass is 362 g/mol. The van der Waals surface area contributed by atoms with Crippen molar-refractivity contribution in [1.29, 1.82) is 0 Å². The van der Waals surface area contributed by atoms with Gasteiger partial charge in [0, 0.05) is 17.4 Å². The number of rotatable bonds is 9. The van der Waals surface area contributed by atoms with Crippen molar-refractivity contribution in [2.24, 2.45) is 0 Å². The average Bonchev–Trinajstić information content (AvgIpc) is 3.08. The fourth-order valence-corrected chi connectivity index (χ4v) is 3.05. The van der Waals surface area contributed by atoms with E-state index in [4.69, 9.17) is 9.52 Å². The molecule has 1 unspecified atom stereocenters. The molecule has 7 heteroatoms. The zero-order valence-corrected chi connectivity index (χ0v) is 15.2. The van der Waals surface area contributed by atoms with E-state index in [0.717, 1.165) is 11.3 Å². The van der Waals surface area contributed by atoms with Crippen LogP contribution in [0, 0.1) is 0 Å². The van der Waals surface area contributed by atoms with Crippen molar-refractivity contribution in [1.82, 2.24) is 9.88 Å². The first-order valence-corrected chi connectivity index (χ1v) is 9.25. The summed E-state index contributed by atoms with van der Waals surface area (Å²) < 4.78 is 5.47. The molecule has 1 atom stereocenters. The number of amides is 1. The number of aromatic nitrogens is 1. The van der Waals surface area contributed by atoms with Gasteiger partial charge in [-0.25, -0.2) is 4.98 Å². The number of hydrogen-bond acceptors (Lipinski definition) is 5. The third kappa shape index (κ3) is 5.63. The summed E-state index contributed by atoms with van der Waals surface area (Å²) in [6.45, 7) is 3.52. The van der Waals surface area contributed by atoms with E-state index < -0.39 is 5.97 Å². The lowest BCUT2D eigenvalue weighted by Gasteiger charge is -2.26. The molecule has 6 nitrogen and oxygen atoms in total. The number of hydrogen-bond donors (Lipinski definition) is 1. The van der Waals surface area contributed by atoms with Crippen LogP contribution in [-0.4, -0.2) is 45.2 Å². The van der Waals surface area contributed by atoms with Gasteiger partial charge in [-0.05, 0) is 25.5 Å². The molecule has 1 heterocycles. The summed E-state index contributed by atoms with van der Waals surface area (Å²) in [5.74, 6) is 0.125. The van der Waals surface area contributed by atoms with Gasteiger partial charge in [0.2, 0.25) is 11.8 Å². The van der Waals surface area contributed by atoms with Gasteiger partial charge in [-0.1, -0.05) is 25.1 Å². The Labute approximate surface area is 151 Å². The highest BCUT2D eigenvalue weighted by atomic mass is 32.2. The van der Waals surface area contributed by atoms with Crippen molar-refractivity contribution in [3.8, 4) is 11.5 Å². The van der Waals surface area contributed by atoms with Crippen molar-refractivity contribution in [2.75, 3.05) is 12.3 Å². The highest BCUT2D eigenvalue weighted by Gasteiger charge is 2.21. The molecule has 0 aliphatic carbocycles. The Morgan fingerprint density at radius 3 is 2.68 bits per heavy atom. The van der Waals surface area contributed by atoms with Gasteiger partial charge < -0.3 is 14.4 Å². The van der Waals surface area contributed by atoms with Crippen LogP contribution < -0.4 is 0 Å². The first-order valence-electron chi connectivity index (χ1n) is 8.10. The Morgan fingerprint density at radius 1 is 1.32 bits per heavy atom. The Kier molecular flexibility index (Phi) is 7.06. The Hall–Kier alpha value is -2.28. The summed E-state index contributed by atoms with van der Waals surface area (Å²) in [6.07, 6.45) is 2.30. The van der Waals surface area contributed by atoms with E-state index in [1.54, 1.807) is 6.26 Å². The molecule has 0 fully saturated rings. The third-order valence-electron chi connectivity index (χ3n) is 3.80. The number of carbonyl (C=O) groups is 2. The maximum Gasteiger partial charge on any atom is 0.323 e. The summed E-state index contributed by atoms with van der Waals surface area (Å²) in [6, 6.07) is 9.50. The summed E-state index contributed by atoms with van der Waals surface area (Å²) in [7, 11) is 0. The molecule has 2 rings (SSSR count). The fourth-order valence-electron chi connectivity index (χ4n) is 2.27. The summed E-state index contributed by atoms with van der Waals surface area (Å²) >= 11 is 1.40. The number of nitrogens with zero attached hydrogens (tertiary/aromatic N) is 2. The number of carboxylic acid groups (broad SMARTS) is 1. The van der Waals surface area contributed by atoms with Crippen LogP contribution in [0.1, 0.15) is 26.0 Å². The van der Waals surface area contributed by atoms with Crippen molar-refractivity contribution in [2.45, 2.75) is 32.1 Å². The van der Waals surface area contributed by atoms with Crippen molar-refractivity contribution in [3.63, 3.8) is 0 Å². The largest absolute Gasteiger partial charge is 0.480 e. The Balaban J connectivity index is 1.88. The van der Waals surface area contributed by atoms with Crippen LogP contribution >= 0.6 is 11.8 Å². The number of carbonyl (C=O) groups excluding carboxylic acids is 1. The average molecular weight is 362 g/mol. The highest BCUT2D eigenvalue weighted by Crippen LogP contribution is 2.20. The van der Waals surface area contributed by atoms with Gasteiger partial charge in [0.15, 0.2) is 0 Å².